The van der Waals surface area contributed by atoms with Gasteiger partial charge in [-0.25, -0.2) is 0 Å². The van der Waals surface area contributed by atoms with Gasteiger partial charge in [0.25, 0.3) is 0 Å². The maximum absolute atomic E-state index is 11.8. The molecular weight excluding hydrogens is 380 g/mol. The molecule has 0 radical (unpaired) electrons. The predicted octanol–water partition coefficient (Wildman–Crippen LogP) is 4.42. The van der Waals surface area contributed by atoms with Crippen LogP contribution in [0, 0.1) is 34.5 Å². The maximum atomic E-state index is 11.8. The molecule has 3 saturated carbocycles. The molecule has 0 aliphatic heterocycles. The molecule has 168 valence electrons. The summed E-state index contributed by atoms with van der Waals surface area (Å²) in [7, 11) is 0. The molecule has 0 aromatic heterocycles. The number of hydrogen-bond donors (Lipinski definition) is 1. The number of hydrogen-bond acceptors (Lipinski definition) is 5. The summed E-state index contributed by atoms with van der Waals surface area (Å²) in [5.41, 5.74) is 2.35. The molecule has 0 amide bonds. The largest absolute Gasteiger partial charge is 0.465 e. The van der Waals surface area contributed by atoms with Gasteiger partial charge in [0.15, 0.2) is 0 Å². The number of ether oxygens (including phenoxy) is 2. The molecule has 0 aromatic carbocycles. The van der Waals surface area contributed by atoms with E-state index in [1.807, 2.05) is 0 Å². The standard InChI is InChI=1S/C25H38O5/c1-14-12-20-15(2)21(28)9-11-25(20,13-29-16(3)26)19-8-10-24(5)18(23(14)19)6-7-22(24)30-17(4)27/h14,18-19,21-23,28H,6-13H2,1-5H3/t14-,18+,19+,21+,22+,23+,24+,25+/m1/s1. The Morgan fingerprint density at radius 3 is 2.47 bits per heavy atom. The third-order valence-corrected chi connectivity index (χ3v) is 9.42. The molecule has 0 bridgehead atoms. The van der Waals surface area contributed by atoms with E-state index in [1.165, 1.54) is 19.4 Å². The van der Waals surface area contributed by atoms with Gasteiger partial charge >= 0.3 is 11.9 Å². The van der Waals surface area contributed by atoms with Crippen LogP contribution in [0.15, 0.2) is 11.1 Å². The Bertz CT molecular complexity index is 757. The van der Waals surface area contributed by atoms with E-state index in [9.17, 15) is 14.7 Å². The lowest BCUT2D eigenvalue weighted by molar-refractivity contribution is -0.163. The Balaban J connectivity index is 1.72. The Kier molecular flexibility index (Phi) is 5.57. The lowest BCUT2D eigenvalue weighted by Crippen LogP contribution is -2.57. The van der Waals surface area contributed by atoms with Crippen molar-refractivity contribution in [2.45, 2.75) is 91.8 Å². The Labute approximate surface area is 180 Å². The molecule has 0 aromatic rings. The van der Waals surface area contributed by atoms with Crippen LogP contribution in [-0.4, -0.2) is 35.9 Å². The number of esters is 2. The van der Waals surface area contributed by atoms with Crippen LogP contribution in [0.1, 0.15) is 79.6 Å². The normalized spacial score (nSPS) is 45.3. The number of fused-ring (bicyclic) bond motifs is 5. The fraction of sp³-hybridized carbons (Fsp3) is 0.840. The second-order valence-corrected chi connectivity index (χ2v) is 10.8. The van der Waals surface area contributed by atoms with Crippen LogP contribution >= 0.6 is 0 Å². The summed E-state index contributed by atoms with van der Waals surface area (Å²) in [6, 6.07) is 0. The van der Waals surface area contributed by atoms with Crippen molar-refractivity contribution in [3.05, 3.63) is 11.1 Å². The number of aliphatic hydroxyl groups excluding tert-OH is 1. The first-order chi connectivity index (χ1) is 14.1. The van der Waals surface area contributed by atoms with Crippen molar-refractivity contribution in [3.63, 3.8) is 0 Å². The molecule has 5 heteroatoms. The fourth-order valence-corrected chi connectivity index (χ4v) is 8.06. The highest BCUT2D eigenvalue weighted by Gasteiger charge is 2.63. The third kappa shape index (κ3) is 3.23. The second kappa shape index (κ2) is 7.65. The van der Waals surface area contributed by atoms with E-state index in [0.29, 0.717) is 30.3 Å². The molecule has 4 aliphatic carbocycles. The molecule has 0 unspecified atom stereocenters. The quantitative estimate of drug-likeness (QED) is 0.542. The number of carbonyl (C=O) groups excluding carboxylic acids is 2. The van der Waals surface area contributed by atoms with Gasteiger partial charge in [0.1, 0.15) is 12.7 Å². The predicted molar refractivity (Wildman–Crippen MR) is 113 cm³/mol. The van der Waals surface area contributed by atoms with Gasteiger partial charge in [-0.3, -0.25) is 9.59 Å². The highest BCUT2D eigenvalue weighted by Crippen LogP contribution is 2.67. The van der Waals surface area contributed by atoms with Crippen LogP contribution in [0.25, 0.3) is 0 Å². The highest BCUT2D eigenvalue weighted by molar-refractivity contribution is 5.66. The minimum atomic E-state index is -0.372. The van der Waals surface area contributed by atoms with Gasteiger partial charge in [-0.2, -0.15) is 0 Å². The van der Waals surface area contributed by atoms with Crippen molar-refractivity contribution in [2.75, 3.05) is 6.61 Å². The smallest absolute Gasteiger partial charge is 0.302 e. The van der Waals surface area contributed by atoms with E-state index in [1.54, 1.807) is 0 Å². The Morgan fingerprint density at radius 2 is 1.80 bits per heavy atom. The van der Waals surface area contributed by atoms with Crippen molar-refractivity contribution in [1.29, 1.82) is 0 Å². The van der Waals surface area contributed by atoms with Gasteiger partial charge in [-0.1, -0.05) is 19.4 Å². The summed E-state index contributed by atoms with van der Waals surface area (Å²) in [4.78, 5) is 23.5. The number of rotatable bonds is 3. The van der Waals surface area contributed by atoms with Crippen LogP contribution in [0.3, 0.4) is 0 Å². The van der Waals surface area contributed by atoms with Gasteiger partial charge in [0, 0.05) is 24.7 Å². The average molecular weight is 419 g/mol. The first kappa shape index (κ1) is 21.9. The SMILES string of the molecule is CC(=O)OC[C@]12CC[C@H](O)C(C)=C1C[C@@H](C)[C@@H]1[C@@H]2CC[C@]2(C)[C@@H](OC(C)=O)CC[C@@H]12. The topological polar surface area (TPSA) is 72.8 Å². The van der Waals surface area contributed by atoms with E-state index in [-0.39, 0.29) is 35.0 Å². The summed E-state index contributed by atoms with van der Waals surface area (Å²) in [6.07, 6.45) is 6.40. The molecule has 4 rings (SSSR count). The highest BCUT2D eigenvalue weighted by atomic mass is 16.5. The molecule has 4 aliphatic rings. The summed E-state index contributed by atoms with van der Waals surface area (Å²) < 4.78 is 11.5. The van der Waals surface area contributed by atoms with Crippen LogP contribution in [0.4, 0.5) is 0 Å². The first-order valence-electron chi connectivity index (χ1n) is 11.8. The minimum Gasteiger partial charge on any atom is -0.465 e. The van der Waals surface area contributed by atoms with Gasteiger partial charge in [-0.15, -0.1) is 0 Å². The van der Waals surface area contributed by atoms with Crippen molar-refractivity contribution in [2.24, 2.45) is 34.5 Å². The van der Waals surface area contributed by atoms with Crippen LogP contribution < -0.4 is 0 Å². The molecule has 8 atom stereocenters. The lowest BCUT2D eigenvalue weighted by atomic mass is 9.44. The van der Waals surface area contributed by atoms with Crippen molar-refractivity contribution >= 4 is 11.9 Å². The molecule has 5 nitrogen and oxygen atoms in total. The molecular formula is C25H38O5. The minimum absolute atomic E-state index is 0.0180. The van der Waals surface area contributed by atoms with Gasteiger partial charge in [0.2, 0.25) is 0 Å². The number of aliphatic hydroxyl groups is 1. The van der Waals surface area contributed by atoms with E-state index < -0.39 is 0 Å². The molecule has 0 saturated heterocycles. The monoisotopic (exact) mass is 418 g/mol. The fourth-order valence-electron chi connectivity index (χ4n) is 8.06. The molecule has 1 N–H and O–H groups in total. The maximum Gasteiger partial charge on any atom is 0.302 e. The van der Waals surface area contributed by atoms with E-state index in [0.717, 1.165) is 50.5 Å². The number of carbonyl (C=O) groups is 2. The van der Waals surface area contributed by atoms with Crippen molar-refractivity contribution < 1.29 is 24.2 Å². The van der Waals surface area contributed by atoms with Crippen LogP contribution in [-0.2, 0) is 19.1 Å². The average Bonchev–Trinajstić information content (AvgIpc) is 3.00. The summed E-state index contributed by atoms with van der Waals surface area (Å²) in [6.45, 7) is 10.2. The molecule has 3 fully saturated rings. The molecule has 0 spiro atoms. The van der Waals surface area contributed by atoms with Gasteiger partial charge < -0.3 is 14.6 Å². The Morgan fingerprint density at radius 1 is 1.07 bits per heavy atom. The van der Waals surface area contributed by atoms with Crippen molar-refractivity contribution in [3.8, 4) is 0 Å². The summed E-state index contributed by atoms with van der Waals surface area (Å²) in [5, 5.41) is 10.6. The molecule has 0 heterocycles. The van der Waals surface area contributed by atoms with E-state index in [2.05, 4.69) is 20.8 Å². The lowest BCUT2D eigenvalue weighted by Gasteiger charge is -2.61. The van der Waals surface area contributed by atoms with Crippen LogP contribution in [0.5, 0.6) is 0 Å². The zero-order valence-electron chi connectivity index (χ0n) is 19.2. The first-order valence-corrected chi connectivity index (χ1v) is 11.8. The molecule has 30 heavy (non-hydrogen) atoms. The zero-order chi connectivity index (χ0) is 21.8. The second-order valence-electron chi connectivity index (χ2n) is 10.8. The zero-order valence-corrected chi connectivity index (χ0v) is 19.2. The van der Waals surface area contributed by atoms with Crippen LogP contribution in [0.2, 0.25) is 0 Å². The van der Waals surface area contributed by atoms with Gasteiger partial charge in [0.05, 0.1) is 6.10 Å². The van der Waals surface area contributed by atoms with E-state index >= 15 is 0 Å². The third-order valence-electron chi connectivity index (χ3n) is 9.42. The van der Waals surface area contributed by atoms with Crippen molar-refractivity contribution in [1.82, 2.24) is 0 Å². The van der Waals surface area contributed by atoms with Gasteiger partial charge in [-0.05, 0) is 81.1 Å². The summed E-state index contributed by atoms with van der Waals surface area (Å²) >= 11 is 0. The summed E-state index contributed by atoms with van der Waals surface area (Å²) in [5.74, 6) is 1.63. The Hall–Kier alpha value is -1.36. The van der Waals surface area contributed by atoms with E-state index in [4.69, 9.17) is 9.47 Å².